The fraction of sp³-hybridized carbons (Fsp3) is 0.667. The van der Waals surface area contributed by atoms with E-state index in [9.17, 15) is 4.79 Å². The van der Waals surface area contributed by atoms with Crippen molar-refractivity contribution in [1.82, 2.24) is 5.32 Å². The molecule has 0 saturated carbocycles. The quantitative estimate of drug-likeness (QED) is 0.765. The van der Waals surface area contributed by atoms with Gasteiger partial charge in [-0.1, -0.05) is 32.8 Å². The van der Waals surface area contributed by atoms with Crippen LogP contribution in [-0.4, -0.2) is 32.5 Å². The normalized spacial score (nSPS) is 19.2. The average molecular weight is 361 g/mol. The first-order chi connectivity index (χ1) is 12.7. The van der Waals surface area contributed by atoms with Crippen molar-refractivity contribution in [1.29, 1.82) is 0 Å². The molecule has 26 heavy (non-hydrogen) atoms. The lowest BCUT2D eigenvalue weighted by Gasteiger charge is -2.38. The highest BCUT2D eigenvalue weighted by molar-refractivity contribution is 5.78. The van der Waals surface area contributed by atoms with Crippen molar-refractivity contribution < 1.29 is 19.0 Å². The summed E-state index contributed by atoms with van der Waals surface area (Å²) in [5.41, 5.74) is 1.10. The second-order valence-electron chi connectivity index (χ2n) is 7.43. The van der Waals surface area contributed by atoms with Crippen LogP contribution in [0.1, 0.15) is 57.9 Å². The van der Waals surface area contributed by atoms with Crippen LogP contribution in [-0.2, 0) is 14.9 Å². The Morgan fingerprint density at radius 2 is 1.96 bits per heavy atom. The summed E-state index contributed by atoms with van der Waals surface area (Å²) in [6.07, 6.45) is 5.90. The third kappa shape index (κ3) is 4.14. The number of carbonyl (C=O) groups is 1. The van der Waals surface area contributed by atoms with Crippen molar-refractivity contribution in [3.05, 3.63) is 23.8 Å². The average Bonchev–Trinajstić information content (AvgIpc) is 3.15. The molecule has 1 N–H and O–H groups in total. The Labute approximate surface area is 156 Å². The summed E-state index contributed by atoms with van der Waals surface area (Å²) in [5, 5.41) is 3.25. The molecular weight excluding hydrogens is 330 g/mol. The molecule has 3 rings (SSSR count). The molecule has 0 aromatic heterocycles. The summed E-state index contributed by atoms with van der Waals surface area (Å²) in [5.74, 6) is 1.90. The molecule has 1 fully saturated rings. The van der Waals surface area contributed by atoms with Crippen LogP contribution in [0.5, 0.6) is 11.5 Å². The number of carbonyl (C=O) groups excluding carboxylic acids is 1. The van der Waals surface area contributed by atoms with Crippen LogP contribution in [0.25, 0.3) is 0 Å². The number of ether oxygens (including phenoxy) is 3. The zero-order valence-corrected chi connectivity index (χ0v) is 16.0. The minimum absolute atomic E-state index is 0.0993. The minimum Gasteiger partial charge on any atom is -0.454 e. The molecule has 144 valence electrons. The largest absolute Gasteiger partial charge is 0.454 e. The van der Waals surface area contributed by atoms with Gasteiger partial charge in [0.15, 0.2) is 11.5 Å². The van der Waals surface area contributed by atoms with Crippen molar-refractivity contribution in [2.45, 2.75) is 57.8 Å². The molecule has 5 nitrogen and oxygen atoms in total. The van der Waals surface area contributed by atoms with Crippen molar-refractivity contribution in [2.75, 3.05) is 26.6 Å². The Hall–Kier alpha value is -1.75. The molecule has 0 bridgehead atoms. The summed E-state index contributed by atoms with van der Waals surface area (Å²) in [6, 6.07) is 6.17. The summed E-state index contributed by atoms with van der Waals surface area (Å²) < 4.78 is 16.6. The second-order valence-corrected chi connectivity index (χ2v) is 7.43. The Bertz CT molecular complexity index is 610. The first kappa shape index (κ1) is 19.0. The molecule has 1 saturated heterocycles. The van der Waals surface area contributed by atoms with E-state index >= 15 is 0 Å². The number of hydrogen-bond acceptors (Lipinski definition) is 4. The van der Waals surface area contributed by atoms with Gasteiger partial charge in [-0.25, -0.2) is 0 Å². The standard InChI is InChI=1S/C21H31NO4/c1-3-5-6-16(4-2)20(23)22-14-21(9-11-24-12-10-21)17-7-8-18-19(13-17)26-15-25-18/h7-8,13,16H,3-6,9-12,14-15H2,1-2H3,(H,22,23). The molecule has 1 unspecified atom stereocenters. The fourth-order valence-corrected chi connectivity index (χ4v) is 3.93. The van der Waals surface area contributed by atoms with Gasteiger partial charge in [-0.2, -0.15) is 0 Å². The summed E-state index contributed by atoms with van der Waals surface area (Å²) in [6.45, 7) is 6.64. The molecule has 1 aromatic rings. The summed E-state index contributed by atoms with van der Waals surface area (Å²) >= 11 is 0. The Kier molecular flexibility index (Phi) is 6.41. The van der Waals surface area contributed by atoms with Crippen LogP contribution in [0.3, 0.4) is 0 Å². The number of rotatable bonds is 8. The molecule has 1 amide bonds. The van der Waals surface area contributed by atoms with Gasteiger partial charge in [0.2, 0.25) is 12.7 Å². The van der Waals surface area contributed by atoms with Crippen LogP contribution in [0.2, 0.25) is 0 Å². The molecule has 0 radical (unpaired) electrons. The van der Waals surface area contributed by atoms with Crippen LogP contribution in [0.15, 0.2) is 18.2 Å². The molecule has 0 aliphatic carbocycles. The predicted molar refractivity (Wildman–Crippen MR) is 101 cm³/mol. The molecule has 1 aromatic carbocycles. The molecule has 1 atom stereocenters. The van der Waals surface area contributed by atoms with Crippen molar-refractivity contribution >= 4 is 5.91 Å². The van der Waals surface area contributed by atoms with E-state index < -0.39 is 0 Å². The number of benzene rings is 1. The van der Waals surface area contributed by atoms with E-state index in [2.05, 4.69) is 31.3 Å². The van der Waals surface area contributed by atoms with E-state index in [1.165, 1.54) is 5.56 Å². The highest BCUT2D eigenvalue weighted by Gasteiger charge is 2.36. The van der Waals surface area contributed by atoms with E-state index in [4.69, 9.17) is 14.2 Å². The zero-order chi connectivity index (χ0) is 18.4. The van der Waals surface area contributed by atoms with Crippen molar-refractivity contribution in [3.63, 3.8) is 0 Å². The van der Waals surface area contributed by atoms with Gasteiger partial charge < -0.3 is 19.5 Å². The van der Waals surface area contributed by atoms with Crippen molar-refractivity contribution in [2.24, 2.45) is 5.92 Å². The van der Waals surface area contributed by atoms with E-state index in [1.807, 2.05) is 6.07 Å². The third-order valence-corrected chi connectivity index (χ3v) is 5.81. The highest BCUT2D eigenvalue weighted by Crippen LogP contribution is 2.40. The van der Waals surface area contributed by atoms with Gasteiger partial charge in [-0.3, -0.25) is 4.79 Å². The van der Waals surface area contributed by atoms with Gasteiger partial charge in [0.05, 0.1) is 0 Å². The molecule has 2 heterocycles. The van der Waals surface area contributed by atoms with Gasteiger partial charge in [-0.05, 0) is 43.4 Å². The number of fused-ring (bicyclic) bond motifs is 1. The molecule has 5 heteroatoms. The maximum Gasteiger partial charge on any atom is 0.231 e. The maximum atomic E-state index is 12.7. The minimum atomic E-state index is -0.0993. The number of amides is 1. The number of hydrogen-bond donors (Lipinski definition) is 1. The summed E-state index contributed by atoms with van der Waals surface area (Å²) in [4.78, 5) is 12.7. The lowest BCUT2D eigenvalue weighted by Crippen LogP contribution is -2.46. The van der Waals surface area contributed by atoms with E-state index in [-0.39, 0.29) is 24.0 Å². The number of unbranched alkanes of at least 4 members (excludes halogenated alkanes) is 1. The van der Waals surface area contributed by atoms with Gasteiger partial charge in [0, 0.05) is 31.1 Å². The van der Waals surface area contributed by atoms with Crippen molar-refractivity contribution in [3.8, 4) is 11.5 Å². The molecule has 0 spiro atoms. The van der Waals surface area contributed by atoms with E-state index in [0.29, 0.717) is 6.54 Å². The smallest absolute Gasteiger partial charge is 0.231 e. The first-order valence-corrected chi connectivity index (χ1v) is 9.94. The van der Waals surface area contributed by atoms with Gasteiger partial charge >= 0.3 is 0 Å². The zero-order valence-electron chi connectivity index (χ0n) is 16.0. The molecule has 2 aliphatic heterocycles. The second kappa shape index (κ2) is 8.76. The topological polar surface area (TPSA) is 56.8 Å². The Morgan fingerprint density at radius 1 is 1.19 bits per heavy atom. The number of nitrogens with one attached hydrogen (secondary N) is 1. The lowest BCUT2D eigenvalue weighted by atomic mass is 9.74. The maximum absolute atomic E-state index is 12.7. The molecule has 2 aliphatic rings. The lowest BCUT2D eigenvalue weighted by molar-refractivity contribution is -0.125. The Balaban J connectivity index is 1.72. The summed E-state index contributed by atoms with van der Waals surface area (Å²) in [7, 11) is 0. The fourth-order valence-electron chi connectivity index (χ4n) is 3.93. The van der Waals surface area contributed by atoms with E-state index in [1.54, 1.807) is 0 Å². The Morgan fingerprint density at radius 3 is 2.69 bits per heavy atom. The van der Waals surface area contributed by atoms with Crippen LogP contribution >= 0.6 is 0 Å². The first-order valence-electron chi connectivity index (χ1n) is 9.94. The van der Waals surface area contributed by atoms with Crippen LogP contribution in [0, 0.1) is 5.92 Å². The molecular formula is C21H31NO4. The van der Waals surface area contributed by atoms with Gasteiger partial charge in [0.25, 0.3) is 0 Å². The monoisotopic (exact) mass is 361 g/mol. The van der Waals surface area contributed by atoms with Crippen LogP contribution < -0.4 is 14.8 Å². The third-order valence-electron chi connectivity index (χ3n) is 5.81. The predicted octanol–water partition coefficient (Wildman–Crippen LogP) is 3.80. The SMILES string of the molecule is CCCCC(CC)C(=O)NCC1(c2ccc3c(c2)OCO3)CCOCC1. The van der Waals surface area contributed by atoms with E-state index in [0.717, 1.165) is 63.2 Å². The van der Waals surface area contributed by atoms with Gasteiger partial charge in [0.1, 0.15) is 0 Å². The van der Waals surface area contributed by atoms with Crippen LogP contribution in [0.4, 0.5) is 0 Å². The highest BCUT2D eigenvalue weighted by atomic mass is 16.7. The van der Waals surface area contributed by atoms with Gasteiger partial charge in [-0.15, -0.1) is 0 Å².